The Morgan fingerprint density at radius 1 is 1.05 bits per heavy atom. The first-order valence-electron chi connectivity index (χ1n) is 6.92. The zero-order chi connectivity index (χ0) is 14.9. The summed E-state index contributed by atoms with van der Waals surface area (Å²) in [7, 11) is -3.45. The smallest absolute Gasteiger partial charge is 0.240 e. The Morgan fingerprint density at radius 2 is 1.73 bits per heavy atom. The van der Waals surface area contributed by atoms with E-state index >= 15 is 0 Å². The summed E-state index contributed by atoms with van der Waals surface area (Å²) in [5.74, 6) is 0. The molecule has 2 aromatic rings. The van der Waals surface area contributed by atoms with Crippen LogP contribution in [0, 0.1) is 6.92 Å². The van der Waals surface area contributed by atoms with Crippen LogP contribution in [0.4, 0.5) is 0 Å². The second-order valence-electron chi connectivity index (χ2n) is 5.34. The number of aryl methyl sites for hydroxylation is 1. The molecule has 118 valence electrons. The number of hydrogen-bond acceptors (Lipinski definition) is 3. The Morgan fingerprint density at radius 3 is 2.45 bits per heavy atom. The van der Waals surface area contributed by atoms with Gasteiger partial charge in [-0.1, -0.05) is 35.9 Å². The molecule has 0 aliphatic carbocycles. The minimum absolute atomic E-state index is 0. The van der Waals surface area contributed by atoms with Crippen LogP contribution in [0.2, 0.25) is 0 Å². The average molecular weight is 339 g/mol. The zero-order valence-electron chi connectivity index (χ0n) is 12.3. The summed E-state index contributed by atoms with van der Waals surface area (Å²) < 4.78 is 27.1. The molecule has 0 saturated carbocycles. The van der Waals surface area contributed by atoms with Crippen molar-refractivity contribution in [1.29, 1.82) is 0 Å². The first-order valence-corrected chi connectivity index (χ1v) is 8.41. The quantitative estimate of drug-likeness (QED) is 0.900. The molecular weight excluding hydrogens is 320 g/mol. The summed E-state index contributed by atoms with van der Waals surface area (Å²) in [6, 6.07) is 13.0. The van der Waals surface area contributed by atoms with E-state index in [0.29, 0.717) is 11.4 Å². The molecule has 0 bridgehead atoms. The molecule has 0 aromatic heterocycles. The van der Waals surface area contributed by atoms with E-state index in [1.807, 2.05) is 13.0 Å². The first kappa shape index (κ1) is 17.0. The Balaban J connectivity index is 0.00000176. The summed E-state index contributed by atoms with van der Waals surface area (Å²) in [5.41, 5.74) is 4.57. The minimum atomic E-state index is -3.45. The van der Waals surface area contributed by atoms with Crippen LogP contribution in [0.3, 0.4) is 0 Å². The number of nitrogens with one attached hydrogen (secondary N) is 2. The molecule has 0 unspecified atom stereocenters. The van der Waals surface area contributed by atoms with Gasteiger partial charge in [0.05, 0.1) is 4.90 Å². The number of sulfonamides is 1. The van der Waals surface area contributed by atoms with E-state index in [4.69, 9.17) is 0 Å². The third-order valence-electron chi connectivity index (χ3n) is 3.70. The van der Waals surface area contributed by atoms with Crippen LogP contribution in [0.5, 0.6) is 0 Å². The summed E-state index contributed by atoms with van der Waals surface area (Å²) in [6.07, 6.45) is 0. The number of hydrogen-bond donors (Lipinski definition) is 2. The van der Waals surface area contributed by atoms with E-state index in [2.05, 4.69) is 22.2 Å². The lowest BCUT2D eigenvalue weighted by molar-refractivity contribution is 0.581. The fourth-order valence-electron chi connectivity index (χ4n) is 2.44. The van der Waals surface area contributed by atoms with E-state index in [9.17, 15) is 8.42 Å². The SMILES string of the molecule is Cc1ccc(S(=O)(=O)NCc2ccc3c(c2)CNC3)cc1.Cl. The molecule has 0 spiro atoms. The van der Waals surface area contributed by atoms with Crippen molar-refractivity contribution in [3.63, 3.8) is 0 Å². The molecule has 2 N–H and O–H groups in total. The van der Waals surface area contributed by atoms with Gasteiger partial charge in [0.2, 0.25) is 10.0 Å². The highest BCUT2D eigenvalue weighted by Crippen LogP contribution is 2.17. The Bertz CT molecular complexity index is 758. The molecule has 1 aliphatic heterocycles. The predicted molar refractivity (Wildman–Crippen MR) is 89.4 cm³/mol. The highest BCUT2D eigenvalue weighted by atomic mass is 35.5. The van der Waals surface area contributed by atoms with Gasteiger partial charge in [-0.3, -0.25) is 0 Å². The van der Waals surface area contributed by atoms with Crippen LogP contribution < -0.4 is 10.0 Å². The van der Waals surface area contributed by atoms with Gasteiger partial charge < -0.3 is 5.32 Å². The van der Waals surface area contributed by atoms with E-state index < -0.39 is 10.0 Å². The van der Waals surface area contributed by atoms with Crippen LogP contribution in [0.15, 0.2) is 47.4 Å². The van der Waals surface area contributed by atoms with Crippen LogP contribution in [-0.2, 0) is 29.7 Å². The fraction of sp³-hybridized carbons (Fsp3) is 0.250. The third kappa shape index (κ3) is 3.67. The summed E-state index contributed by atoms with van der Waals surface area (Å²) >= 11 is 0. The topological polar surface area (TPSA) is 58.2 Å². The number of rotatable bonds is 4. The molecule has 0 radical (unpaired) electrons. The molecular formula is C16H19ClN2O2S. The minimum Gasteiger partial charge on any atom is -0.309 e. The third-order valence-corrected chi connectivity index (χ3v) is 5.12. The van der Waals surface area contributed by atoms with Crippen molar-refractivity contribution in [3.8, 4) is 0 Å². The molecule has 1 aliphatic rings. The van der Waals surface area contributed by atoms with Gasteiger partial charge in [-0.2, -0.15) is 0 Å². The number of fused-ring (bicyclic) bond motifs is 1. The van der Waals surface area contributed by atoms with E-state index in [0.717, 1.165) is 24.2 Å². The number of benzene rings is 2. The maximum atomic E-state index is 12.2. The Hall–Kier alpha value is -1.40. The monoisotopic (exact) mass is 338 g/mol. The highest BCUT2D eigenvalue weighted by Gasteiger charge is 2.14. The molecule has 0 fully saturated rings. The van der Waals surface area contributed by atoms with Gasteiger partial charge in [-0.15, -0.1) is 12.4 Å². The van der Waals surface area contributed by atoms with Crippen molar-refractivity contribution in [2.45, 2.75) is 31.5 Å². The average Bonchev–Trinajstić information content (AvgIpc) is 2.93. The van der Waals surface area contributed by atoms with Gasteiger partial charge in [0.15, 0.2) is 0 Å². The molecule has 22 heavy (non-hydrogen) atoms. The summed E-state index contributed by atoms with van der Waals surface area (Å²) in [4.78, 5) is 0.302. The fourth-order valence-corrected chi connectivity index (χ4v) is 3.45. The Kier molecular flexibility index (Phi) is 5.24. The van der Waals surface area contributed by atoms with Crippen molar-refractivity contribution >= 4 is 22.4 Å². The molecule has 6 heteroatoms. The molecule has 3 rings (SSSR count). The molecule has 1 heterocycles. The largest absolute Gasteiger partial charge is 0.309 e. The highest BCUT2D eigenvalue weighted by molar-refractivity contribution is 7.89. The maximum absolute atomic E-state index is 12.2. The van der Waals surface area contributed by atoms with Crippen LogP contribution in [0.25, 0.3) is 0 Å². The van der Waals surface area contributed by atoms with E-state index in [1.54, 1.807) is 24.3 Å². The van der Waals surface area contributed by atoms with Gasteiger partial charge in [0.25, 0.3) is 0 Å². The lowest BCUT2D eigenvalue weighted by Gasteiger charge is -2.08. The van der Waals surface area contributed by atoms with Gasteiger partial charge in [0.1, 0.15) is 0 Å². The van der Waals surface area contributed by atoms with Crippen molar-refractivity contribution in [1.82, 2.24) is 10.0 Å². The molecule has 2 aromatic carbocycles. The normalized spacial score (nSPS) is 13.5. The summed E-state index contributed by atoms with van der Waals surface area (Å²) in [5, 5.41) is 3.28. The lowest BCUT2D eigenvalue weighted by atomic mass is 10.1. The van der Waals surface area contributed by atoms with Gasteiger partial charge in [-0.05, 0) is 35.7 Å². The molecule has 0 saturated heterocycles. The van der Waals surface area contributed by atoms with Gasteiger partial charge in [0, 0.05) is 19.6 Å². The first-order chi connectivity index (χ1) is 10.0. The van der Waals surface area contributed by atoms with Crippen molar-refractivity contribution in [3.05, 3.63) is 64.7 Å². The number of halogens is 1. The van der Waals surface area contributed by atoms with Gasteiger partial charge >= 0.3 is 0 Å². The molecule has 0 atom stereocenters. The molecule has 0 amide bonds. The van der Waals surface area contributed by atoms with Crippen molar-refractivity contribution < 1.29 is 8.42 Å². The van der Waals surface area contributed by atoms with Gasteiger partial charge in [-0.25, -0.2) is 13.1 Å². The zero-order valence-corrected chi connectivity index (χ0v) is 13.9. The predicted octanol–water partition coefficient (Wildman–Crippen LogP) is 2.50. The van der Waals surface area contributed by atoms with Crippen LogP contribution >= 0.6 is 12.4 Å². The molecule has 4 nitrogen and oxygen atoms in total. The van der Waals surface area contributed by atoms with E-state index in [-0.39, 0.29) is 12.4 Å². The van der Waals surface area contributed by atoms with E-state index in [1.165, 1.54) is 11.1 Å². The second-order valence-corrected chi connectivity index (χ2v) is 7.11. The maximum Gasteiger partial charge on any atom is 0.240 e. The second kappa shape index (κ2) is 6.79. The summed E-state index contributed by atoms with van der Waals surface area (Å²) in [6.45, 7) is 3.99. The van der Waals surface area contributed by atoms with Crippen LogP contribution in [-0.4, -0.2) is 8.42 Å². The standard InChI is InChI=1S/C16H18N2O2S.ClH/c1-12-2-6-16(7-3-12)21(19,20)18-9-13-4-5-14-10-17-11-15(14)8-13;/h2-8,17-18H,9-11H2,1H3;1H. The van der Waals surface area contributed by atoms with Crippen LogP contribution in [0.1, 0.15) is 22.3 Å². The Labute approximate surface area is 137 Å². The lowest BCUT2D eigenvalue weighted by Crippen LogP contribution is -2.23. The van der Waals surface area contributed by atoms with Crippen molar-refractivity contribution in [2.75, 3.05) is 0 Å². The van der Waals surface area contributed by atoms with Crippen molar-refractivity contribution in [2.24, 2.45) is 0 Å².